The van der Waals surface area contributed by atoms with Crippen LogP contribution in [-0.2, 0) is 45.4 Å². The largest absolute Gasteiger partial charge is 0.481 e. The number of urea groups is 1. The average Bonchev–Trinajstić information content (AvgIpc) is 3.20. The van der Waals surface area contributed by atoms with Gasteiger partial charge in [0.05, 0.1) is 42.0 Å². The minimum absolute atomic E-state index is 0.0203. The van der Waals surface area contributed by atoms with E-state index >= 15 is 0 Å². The van der Waals surface area contributed by atoms with E-state index in [0.29, 0.717) is 5.56 Å². The van der Waals surface area contributed by atoms with Crippen molar-refractivity contribution < 1.29 is 43.3 Å². The number of hydrogen-bond donors (Lipinski definition) is 3. The maximum atomic E-state index is 13.7. The molecular formula is C36H52N4O9. The van der Waals surface area contributed by atoms with Gasteiger partial charge in [-0.15, -0.1) is 0 Å². The van der Waals surface area contributed by atoms with Crippen molar-refractivity contribution in [3.8, 4) is 6.07 Å². The molecule has 270 valence electrons. The zero-order chi connectivity index (χ0) is 37.4. The SMILES string of the molecule is CCOC(=O)C(C)(CC(C)(CC)C(=O)O)CC(C)(CC(C)(C)C(=O)OCCNC(=O)CC#N)c1ccc(CN2C(=O)NC(C)(C)C2=O)cc1. The molecule has 3 N–H and O–H groups in total. The number of nitrogens with zero attached hydrogens (tertiary/aromatic N) is 2. The van der Waals surface area contributed by atoms with Gasteiger partial charge in [-0.25, -0.2) is 4.79 Å². The molecule has 3 unspecified atom stereocenters. The van der Waals surface area contributed by atoms with Gasteiger partial charge < -0.3 is 25.2 Å². The molecular weight excluding hydrogens is 632 g/mol. The van der Waals surface area contributed by atoms with Crippen LogP contribution < -0.4 is 10.6 Å². The number of imide groups is 1. The summed E-state index contributed by atoms with van der Waals surface area (Å²) in [4.78, 5) is 77.6. The average molecular weight is 685 g/mol. The van der Waals surface area contributed by atoms with E-state index < -0.39 is 57.0 Å². The van der Waals surface area contributed by atoms with Crippen LogP contribution in [0.25, 0.3) is 0 Å². The van der Waals surface area contributed by atoms with Gasteiger partial charge in [-0.1, -0.05) is 38.1 Å². The first-order valence-corrected chi connectivity index (χ1v) is 16.5. The second-order valence-electron chi connectivity index (χ2n) is 14.9. The summed E-state index contributed by atoms with van der Waals surface area (Å²) in [5.41, 5.74) is -4.18. The van der Waals surface area contributed by atoms with Crippen LogP contribution in [0, 0.1) is 27.6 Å². The van der Waals surface area contributed by atoms with Crippen molar-refractivity contribution in [3.63, 3.8) is 0 Å². The summed E-state index contributed by atoms with van der Waals surface area (Å²) >= 11 is 0. The lowest BCUT2D eigenvalue weighted by Crippen LogP contribution is -2.45. The third-order valence-electron chi connectivity index (χ3n) is 9.34. The van der Waals surface area contributed by atoms with E-state index in [2.05, 4.69) is 10.6 Å². The third kappa shape index (κ3) is 10.0. The number of nitrogens with one attached hydrogen (secondary N) is 2. The summed E-state index contributed by atoms with van der Waals surface area (Å²) in [5.74, 6) is -2.96. The summed E-state index contributed by atoms with van der Waals surface area (Å²) in [6.07, 6.45) is 0.223. The molecule has 0 aromatic heterocycles. The van der Waals surface area contributed by atoms with Gasteiger partial charge in [0, 0.05) is 0 Å². The Morgan fingerprint density at radius 1 is 0.939 bits per heavy atom. The van der Waals surface area contributed by atoms with E-state index in [4.69, 9.17) is 14.7 Å². The van der Waals surface area contributed by atoms with Gasteiger partial charge in [-0.05, 0) is 90.7 Å². The molecule has 0 aliphatic carbocycles. The molecule has 0 radical (unpaired) electrons. The molecule has 0 spiro atoms. The van der Waals surface area contributed by atoms with Gasteiger partial charge in [-0.3, -0.25) is 28.9 Å². The van der Waals surface area contributed by atoms with Crippen LogP contribution in [-0.4, -0.2) is 71.1 Å². The van der Waals surface area contributed by atoms with Crippen LogP contribution in [0.3, 0.4) is 0 Å². The van der Waals surface area contributed by atoms with E-state index in [0.717, 1.165) is 10.5 Å². The second kappa shape index (κ2) is 15.8. The fourth-order valence-electron chi connectivity index (χ4n) is 6.72. The molecule has 0 saturated carbocycles. The monoisotopic (exact) mass is 684 g/mol. The Labute approximate surface area is 289 Å². The van der Waals surface area contributed by atoms with Crippen LogP contribution in [0.15, 0.2) is 24.3 Å². The van der Waals surface area contributed by atoms with Gasteiger partial charge >= 0.3 is 23.9 Å². The predicted octanol–water partition coefficient (Wildman–Crippen LogP) is 4.61. The van der Waals surface area contributed by atoms with Crippen LogP contribution in [0.5, 0.6) is 0 Å². The molecule has 1 heterocycles. The normalized spacial score (nSPS) is 17.8. The Balaban J connectivity index is 2.53. The lowest BCUT2D eigenvalue weighted by molar-refractivity contribution is -0.162. The molecule has 1 fully saturated rings. The molecule has 4 amide bonds. The number of carbonyl (C=O) groups excluding carboxylic acids is 5. The lowest BCUT2D eigenvalue weighted by Gasteiger charge is -2.44. The Morgan fingerprint density at radius 3 is 2.04 bits per heavy atom. The molecule has 13 heteroatoms. The highest BCUT2D eigenvalue weighted by atomic mass is 16.5. The van der Waals surface area contributed by atoms with Crippen molar-refractivity contribution in [3.05, 3.63) is 35.4 Å². The topological polar surface area (TPSA) is 192 Å². The van der Waals surface area contributed by atoms with Gasteiger partial charge in [0.15, 0.2) is 0 Å². The van der Waals surface area contributed by atoms with Gasteiger partial charge in [0.1, 0.15) is 18.6 Å². The van der Waals surface area contributed by atoms with E-state index in [9.17, 15) is 33.9 Å². The highest BCUT2D eigenvalue weighted by Gasteiger charge is 2.51. The molecule has 3 atom stereocenters. The summed E-state index contributed by atoms with van der Waals surface area (Å²) in [6.45, 7) is 15.4. The molecule has 1 aromatic rings. The number of carboxylic acids is 1. The summed E-state index contributed by atoms with van der Waals surface area (Å²) < 4.78 is 11.0. The first kappa shape index (κ1) is 40.7. The maximum Gasteiger partial charge on any atom is 0.325 e. The van der Waals surface area contributed by atoms with E-state index in [-0.39, 0.29) is 64.3 Å². The minimum atomic E-state index is -1.29. The van der Waals surface area contributed by atoms with E-state index in [1.165, 1.54) is 0 Å². The van der Waals surface area contributed by atoms with Crippen LogP contribution in [0.1, 0.15) is 106 Å². The highest BCUT2D eigenvalue weighted by molar-refractivity contribution is 6.06. The van der Waals surface area contributed by atoms with Crippen molar-refractivity contribution >= 4 is 35.8 Å². The Morgan fingerprint density at radius 2 is 1.55 bits per heavy atom. The maximum absolute atomic E-state index is 13.7. The summed E-state index contributed by atoms with van der Waals surface area (Å²) in [5, 5.41) is 24.0. The number of aliphatic carboxylic acids is 1. The number of hydrogen-bond acceptors (Lipinski definition) is 9. The number of esters is 2. The Kier molecular flexibility index (Phi) is 13.1. The van der Waals surface area contributed by atoms with Crippen molar-refractivity contribution in [2.24, 2.45) is 16.2 Å². The molecule has 1 aliphatic rings. The van der Waals surface area contributed by atoms with Crippen molar-refractivity contribution in [2.45, 2.75) is 112 Å². The smallest absolute Gasteiger partial charge is 0.325 e. The lowest BCUT2D eigenvalue weighted by atomic mass is 9.59. The third-order valence-corrected chi connectivity index (χ3v) is 9.34. The molecule has 0 bridgehead atoms. The predicted molar refractivity (Wildman–Crippen MR) is 180 cm³/mol. The number of rotatable bonds is 18. The number of nitriles is 1. The molecule has 1 aromatic carbocycles. The molecule has 49 heavy (non-hydrogen) atoms. The van der Waals surface area contributed by atoms with Gasteiger partial charge in [0.2, 0.25) is 5.91 Å². The first-order valence-electron chi connectivity index (χ1n) is 16.5. The second-order valence-corrected chi connectivity index (χ2v) is 14.9. The summed E-state index contributed by atoms with van der Waals surface area (Å²) in [7, 11) is 0. The Bertz CT molecular complexity index is 1470. The molecule has 1 saturated heterocycles. The van der Waals surface area contributed by atoms with Crippen LogP contribution in [0.2, 0.25) is 0 Å². The zero-order valence-corrected chi connectivity index (χ0v) is 30.3. The standard InChI is InChI=1S/C36H52N4O9/c1-10-34(7,28(43)44)22-36(9,30(46)48-11-2)23-35(8,21-32(3,4)29(45)49-19-18-38-26(41)16-17-37)25-14-12-24(13-15-25)20-40-27(42)33(5,6)39-31(40)47/h12-15H,10-11,16,18-23H2,1-9H3,(H,38,41)(H,39,47)(H,43,44). The van der Waals surface area contributed by atoms with E-state index in [1.54, 1.807) is 73.6 Å². The molecule has 1 aliphatic heterocycles. The van der Waals surface area contributed by atoms with Gasteiger partial charge in [0.25, 0.3) is 5.91 Å². The number of benzene rings is 1. The number of amides is 4. The zero-order valence-electron chi connectivity index (χ0n) is 30.3. The fraction of sp³-hybridized carbons (Fsp3) is 0.639. The molecule has 2 rings (SSSR count). The van der Waals surface area contributed by atoms with E-state index in [1.807, 2.05) is 19.1 Å². The van der Waals surface area contributed by atoms with Crippen molar-refractivity contribution in [2.75, 3.05) is 19.8 Å². The number of carboxylic acid groups (broad SMARTS) is 1. The quantitative estimate of drug-likeness (QED) is 0.112. The van der Waals surface area contributed by atoms with Gasteiger partial charge in [-0.2, -0.15) is 5.26 Å². The molecule has 13 nitrogen and oxygen atoms in total. The highest BCUT2D eigenvalue weighted by Crippen LogP contribution is 2.50. The number of carbonyl (C=O) groups is 6. The van der Waals surface area contributed by atoms with Crippen LogP contribution in [0.4, 0.5) is 4.79 Å². The Hall–Kier alpha value is -4.47. The van der Waals surface area contributed by atoms with Crippen molar-refractivity contribution in [1.29, 1.82) is 5.26 Å². The fourth-order valence-corrected chi connectivity index (χ4v) is 6.72. The minimum Gasteiger partial charge on any atom is -0.481 e. The summed E-state index contributed by atoms with van der Waals surface area (Å²) in [6, 6.07) is 8.48. The number of ether oxygens (including phenoxy) is 2. The van der Waals surface area contributed by atoms with Crippen molar-refractivity contribution in [1.82, 2.24) is 15.5 Å². The first-order chi connectivity index (χ1) is 22.6. The van der Waals surface area contributed by atoms with Crippen LogP contribution >= 0.6 is 0 Å².